The highest BCUT2D eigenvalue weighted by Gasteiger charge is 2.09. The Morgan fingerprint density at radius 2 is 1.56 bits per heavy atom. The van der Waals surface area contributed by atoms with Crippen LogP contribution in [0, 0.1) is 0 Å². The number of hydrogen-bond donors (Lipinski definition) is 3. The Morgan fingerprint density at radius 1 is 0.882 bits per heavy atom. The molecule has 3 N–H and O–H groups in total. The number of hydrogen-bond acceptors (Lipinski definition) is 4. The molecule has 2 aromatic rings. The third-order valence-electron chi connectivity index (χ3n) is 5.65. The second kappa shape index (κ2) is 16.9. The van der Waals surface area contributed by atoms with Gasteiger partial charge in [0.15, 0.2) is 5.11 Å². The van der Waals surface area contributed by atoms with E-state index in [2.05, 4.69) is 22.9 Å². The summed E-state index contributed by atoms with van der Waals surface area (Å²) in [6.45, 7) is 2.56. The highest BCUT2D eigenvalue weighted by atomic mass is 32.1. The van der Waals surface area contributed by atoms with Crippen molar-refractivity contribution in [2.75, 3.05) is 5.32 Å². The molecule has 0 unspecified atom stereocenters. The lowest BCUT2D eigenvalue weighted by Crippen LogP contribution is -2.34. The number of furan rings is 1. The third-order valence-corrected chi connectivity index (χ3v) is 5.85. The van der Waals surface area contributed by atoms with Crippen molar-refractivity contribution in [2.24, 2.45) is 0 Å². The number of benzene rings is 1. The molecule has 1 aromatic carbocycles. The van der Waals surface area contributed by atoms with Crippen molar-refractivity contribution >= 4 is 34.8 Å². The normalized spacial score (nSPS) is 10.6. The second-order valence-electron chi connectivity index (χ2n) is 8.63. The topological polar surface area (TPSA) is 83.4 Å². The maximum absolute atomic E-state index is 12.4. The lowest BCUT2D eigenvalue weighted by atomic mass is 10.1. The number of anilines is 1. The summed E-state index contributed by atoms with van der Waals surface area (Å²) in [4.78, 5) is 24.5. The molecular weight excluding hydrogens is 446 g/mol. The van der Waals surface area contributed by atoms with Crippen molar-refractivity contribution in [1.82, 2.24) is 10.6 Å². The van der Waals surface area contributed by atoms with Crippen LogP contribution in [0.4, 0.5) is 5.69 Å². The van der Waals surface area contributed by atoms with E-state index in [9.17, 15) is 9.59 Å². The molecule has 0 atom stereocenters. The fourth-order valence-corrected chi connectivity index (χ4v) is 3.95. The molecule has 2 amide bonds. The van der Waals surface area contributed by atoms with E-state index >= 15 is 0 Å². The zero-order valence-corrected chi connectivity index (χ0v) is 21.2. The van der Waals surface area contributed by atoms with Crippen LogP contribution in [0.3, 0.4) is 0 Å². The Labute approximate surface area is 209 Å². The van der Waals surface area contributed by atoms with Crippen LogP contribution < -0.4 is 16.0 Å². The zero-order chi connectivity index (χ0) is 24.4. The van der Waals surface area contributed by atoms with Gasteiger partial charge in [-0.2, -0.15) is 0 Å². The van der Waals surface area contributed by atoms with Gasteiger partial charge in [-0.15, -0.1) is 0 Å². The summed E-state index contributed by atoms with van der Waals surface area (Å²) in [6, 6.07) is 10.6. The fraction of sp³-hybridized carbons (Fsp3) is 0.519. The standard InChI is InChI=1S/C27H39N3O3S/c1-2-3-4-5-6-7-8-9-10-11-12-18-25(31)30-27(34)29-23-16-13-15-22(20-23)26(32)28-21-24-17-14-19-33-24/h13-17,19-20H,2-12,18,21H2,1H3,(H,28,32)(H2,29,30,31,34). The van der Waals surface area contributed by atoms with E-state index in [1.807, 2.05) is 0 Å². The van der Waals surface area contributed by atoms with E-state index in [0.717, 1.165) is 12.8 Å². The summed E-state index contributed by atoms with van der Waals surface area (Å²) in [5, 5.41) is 8.75. The predicted molar refractivity (Wildman–Crippen MR) is 142 cm³/mol. The zero-order valence-electron chi connectivity index (χ0n) is 20.4. The molecule has 186 valence electrons. The molecule has 0 spiro atoms. The van der Waals surface area contributed by atoms with Gasteiger partial charge in [-0.25, -0.2) is 0 Å². The van der Waals surface area contributed by atoms with Gasteiger partial charge in [-0.1, -0.05) is 77.2 Å². The minimum absolute atomic E-state index is 0.0826. The van der Waals surface area contributed by atoms with E-state index < -0.39 is 0 Å². The molecule has 1 heterocycles. The molecule has 0 radical (unpaired) electrons. The first-order valence-electron chi connectivity index (χ1n) is 12.6. The van der Waals surface area contributed by atoms with E-state index in [1.54, 1.807) is 42.7 Å². The Hall–Kier alpha value is -2.67. The van der Waals surface area contributed by atoms with Gasteiger partial charge in [0, 0.05) is 17.7 Å². The second-order valence-corrected chi connectivity index (χ2v) is 9.04. The first kappa shape index (κ1) is 27.6. The largest absolute Gasteiger partial charge is 0.467 e. The lowest BCUT2D eigenvalue weighted by Gasteiger charge is -2.11. The van der Waals surface area contributed by atoms with Gasteiger partial charge in [0.1, 0.15) is 5.76 Å². The third kappa shape index (κ3) is 12.0. The van der Waals surface area contributed by atoms with Crippen molar-refractivity contribution in [3.05, 3.63) is 54.0 Å². The van der Waals surface area contributed by atoms with Gasteiger partial charge in [0.25, 0.3) is 5.91 Å². The summed E-state index contributed by atoms with van der Waals surface area (Å²) < 4.78 is 5.22. The SMILES string of the molecule is CCCCCCCCCCCCCC(=O)NC(=S)Nc1cccc(C(=O)NCc2ccco2)c1. The van der Waals surface area contributed by atoms with Gasteiger partial charge < -0.3 is 20.4 Å². The van der Waals surface area contributed by atoms with Crippen LogP contribution in [-0.4, -0.2) is 16.9 Å². The fourth-order valence-electron chi connectivity index (χ4n) is 3.72. The number of unbranched alkanes of at least 4 members (excludes halogenated alkanes) is 10. The Morgan fingerprint density at radius 3 is 2.21 bits per heavy atom. The number of thiocarbonyl (C=S) groups is 1. The average molecular weight is 486 g/mol. The van der Waals surface area contributed by atoms with Crippen LogP contribution in [-0.2, 0) is 11.3 Å². The summed E-state index contributed by atoms with van der Waals surface area (Å²) in [5.41, 5.74) is 1.14. The number of nitrogens with one attached hydrogen (secondary N) is 3. The summed E-state index contributed by atoms with van der Waals surface area (Å²) in [6.07, 6.45) is 15.8. The van der Waals surface area contributed by atoms with Crippen LogP contribution in [0.2, 0.25) is 0 Å². The Bertz CT molecular complexity index is 868. The van der Waals surface area contributed by atoms with Gasteiger partial charge in [0.2, 0.25) is 5.91 Å². The van der Waals surface area contributed by atoms with E-state index in [-0.39, 0.29) is 16.9 Å². The molecule has 0 aliphatic carbocycles. The van der Waals surface area contributed by atoms with Crippen LogP contribution in [0.15, 0.2) is 47.1 Å². The van der Waals surface area contributed by atoms with Gasteiger partial charge in [-0.05, 0) is 49.0 Å². The molecule has 0 aliphatic heterocycles. The molecular formula is C27H39N3O3S. The van der Waals surface area contributed by atoms with E-state index in [4.69, 9.17) is 16.6 Å². The molecule has 2 rings (SSSR count). The highest BCUT2D eigenvalue weighted by Crippen LogP contribution is 2.13. The minimum atomic E-state index is -0.216. The molecule has 0 fully saturated rings. The lowest BCUT2D eigenvalue weighted by molar-refractivity contribution is -0.119. The molecule has 0 saturated carbocycles. The molecule has 7 heteroatoms. The van der Waals surface area contributed by atoms with Gasteiger partial charge in [0.05, 0.1) is 12.8 Å². The number of carbonyl (C=O) groups is 2. The van der Waals surface area contributed by atoms with Crippen LogP contribution in [0.1, 0.15) is 100 Å². The average Bonchev–Trinajstić information content (AvgIpc) is 3.35. The van der Waals surface area contributed by atoms with Gasteiger partial charge >= 0.3 is 0 Å². The molecule has 6 nitrogen and oxygen atoms in total. The molecule has 0 bridgehead atoms. The van der Waals surface area contributed by atoms with Crippen molar-refractivity contribution in [1.29, 1.82) is 0 Å². The van der Waals surface area contributed by atoms with Crippen LogP contribution in [0.25, 0.3) is 0 Å². The molecule has 1 aromatic heterocycles. The first-order chi connectivity index (χ1) is 16.6. The van der Waals surface area contributed by atoms with Crippen molar-refractivity contribution in [2.45, 2.75) is 90.5 Å². The Kier molecular flexibility index (Phi) is 13.7. The summed E-state index contributed by atoms with van der Waals surface area (Å²) in [5.74, 6) is 0.386. The monoisotopic (exact) mass is 485 g/mol. The summed E-state index contributed by atoms with van der Waals surface area (Å²) in [7, 11) is 0. The highest BCUT2D eigenvalue weighted by molar-refractivity contribution is 7.80. The maximum Gasteiger partial charge on any atom is 0.251 e. The summed E-state index contributed by atoms with van der Waals surface area (Å²) >= 11 is 5.26. The van der Waals surface area contributed by atoms with Crippen LogP contribution in [0.5, 0.6) is 0 Å². The van der Waals surface area contributed by atoms with Gasteiger partial charge in [-0.3, -0.25) is 9.59 Å². The van der Waals surface area contributed by atoms with Crippen LogP contribution >= 0.6 is 12.2 Å². The molecule has 0 aliphatic rings. The smallest absolute Gasteiger partial charge is 0.251 e. The Balaban J connectivity index is 1.57. The first-order valence-corrected chi connectivity index (χ1v) is 13.0. The number of amides is 2. The quantitative estimate of drug-likeness (QED) is 0.181. The van der Waals surface area contributed by atoms with Crippen molar-refractivity contribution in [3.63, 3.8) is 0 Å². The van der Waals surface area contributed by atoms with E-state index in [1.165, 1.54) is 57.8 Å². The molecule has 34 heavy (non-hydrogen) atoms. The number of rotatable bonds is 16. The predicted octanol–water partition coefficient (Wildman–Crippen LogP) is 6.72. The van der Waals surface area contributed by atoms with E-state index in [0.29, 0.717) is 30.0 Å². The number of carbonyl (C=O) groups excluding carboxylic acids is 2. The van der Waals surface area contributed by atoms with Crippen molar-refractivity contribution < 1.29 is 14.0 Å². The molecule has 0 saturated heterocycles. The maximum atomic E-state index is 12.4. The van der Waals surface area contributed by atoms with Crippen molar-refractivity contribution in [3.8, 4) is 0 Å². The minimum Gasteiger partial charge on any atom is -0.467 e.